The summed E-state index contributed by atoms with van der Waals surface area (Å²) in [4.78, 5) is 49.4. The molecule has 3 aromatic carbocycles. The van der Waals surface area contributed by atoms with Gasteiger partial charge in [-0.3, -0.25) is 14.4 Å². The Labute approximate surface area is 277 Å². The minimum atomic E-state index is -1.23. The van der Waals surface area contributed by atoms with Crippen LogP contribution in [0.4, 0.5) is 5.69 Å². The normalized spacial score (nSPS) is 26.7. The summed E-state index contributed by atoms with van der Waals surface area (Å²) in [5, 5.41) is 12.9. The van der Waals surface area contributed by atoms with Crippen molar-refractivity contribution in [1.29, 1.82) is 0 Å². The minimum absolute atomic E-state index is 0.150. The maximum Gasteiger partial charge on any atom is 0.253 e. The number of aliphatic hydroxyl groups is 1. The van der Waals surface area contributed by atoms with Crippen molar-refractivity contribution in [2.45, 2.75) is 62.8 Å². The molecule has 6 atom stereocenters. The van der Waals surface area contributed by atoms with Crippen LogP contribution in [-0.2, 0) is 25.5 Å². The van der Waals surface area contributed by atoms with E-state index in [1.807, 2.05) is 86.6 Å². The molecule has 0 aromatic heterocycles. The van der Waals surface area contributed by atoms with E-state index >= 15 is 4.79 Å². The summed E-state index contributed by atoms with van der Waals surface area (Å²) >= 11 is 0. The number of benzene rings is 3. The Morgan fingerprint density at radius 1 is 1.00 bits per heavy atom. The highest BCUT2D eigenvalue weighted by molar-refractivity contribution is 6.06. The summed E-state index contributed by atoms with van der Waals surface area (Å²) in [6, 6.07) is 21.7. The molecule has 2 unspecified atom stereocenters. The third-order valence-electron chi connectivity index (χ3n) is 10.4. The zero-order valence-electron chi connectivity index (χ0n) is 27.4. The second kappa shape index (κ2) is 13.1. The second-order valence-electron chi connectivity index (χ2n) is 13.3. The van der Waals surface area contributed by atoms with Gasteiger partial charge in [0.1, 0.15) is 11.6 Å². The Morgan fingerprint density at radius 2 is 1.70 bits per heavy atom. The maximum atomic E-state index is 15.2. The molecular weight excluding hydrogens is 590 g/mol. The average molecular weight is 636 g/mol. The summed E-state index contributed by atoms with van der Waals surface area (Å²) in [6.07, 6.45) is 5.48. The van der Waals surface area contributed by atoms with Crippen LogP contribution in [0, 0.1) is 11.8 Å². The van der Waals surface area contributed by atoms with Gasteiger partial charge in [0, 0.05) is 25.3 Å². The summed E-state index contributed by atoms with van der Waals surface area (Å²) < 4.78 is 6.93. The average Bonchev–Trinajstić information content (AvgIpc) is 3.66. The zero-order valence-corrected chi connectivity index (χ0v) is 27.4. The quantitative estimate of drug-likeness (QED) is 0.263. The van der Waals surface area contributed by atoms with Gasteiger partial charge in [-0.05, 0) is 61.1 Å². The fourth-order valence-corrected chi connectivity index (χ4v) is 8.41. The largest absolute Gasteiger partial charge is 0.394 e. The number of carbonyl (C=O) groups is 3. The van der Waals surface area contributed by atoms with E-state index in [1.165, 1.54) is 0 Å². The van der Waals surface area contributed by atoms with Crippen LogP contribution in [0.5, 0.6) is 0 Å². The van der Waals surface area contributed by atoms with E-state index in [2.05, 4.69) is 13.2 Å². The molecule has 3 amide bonds. The van der Waals surface area contributed by atoms with E-state index in [-0.39, 0.29) is 30.9 Å². The highest BCUT2D eigenvalue weighted by Gasteiger charge is 2.78. The third-order valence-corrected chi connectivity index (χ3v) is 10.4. The second-order valence-corrected chi connectivity index (χ2v) is 13.3. The monoisotopic (exact) mass is 635 g/mol. The smallest absolute Gasteiger partial charge is 0.253 e. The molecule has 0 saturated carbocycles. The Morgan fingerprint density at radius 3 is 2.38 bits per heavy atom. The van der Waals surface area contributed by atoms with Gasteiger partial charge < -0.3 is 24.5 Å². The van der Waals surface area contributed by atoms with Crippen molar-refractivity contribution in [3.05, 3.63) is 104 Å². The number of fused-ring (bicyclic) bond motifs is 2. The first-order valence-electron chi connectivity index (χ1n) is 16.7. The van der Waals surface area contributed by atoms with Crippen molar-refractivity contribution < 1.29 is 24.2 Å². The molecule has 8 heteroatoms. The Kier molecular flexibility index (Phi) is 9.09. The van der Waals surface area contributed by atoms with Crippen LogP contribution in [0.2, 0.25) is 0 Å². The molecule has 3 heterocycles. The fourth-order valence-electron chi connectivity index (χ4n) is 8.41. The lowest BCUT2D eigenvalue weighted by molar-refractivity contribution is -0.152. The standard InChI is InChI=1S/C39H45N3O5/c1-5-21-40(22-6-2)35(44)32-33-36(45)42(31(26-43)24-27-13-9-8-10-14-27)34(39(33)20-19-38(32,4)47-39)37(46)41(23-7-3)30-18-17-28-15-11-12-16-29(28)25-30/h5,7-18,25,31-34,43H,1,3,6,19-24,26H2,2,4H3/t31-,32-,33+,34?,38+,39?/m1/s1. The SMILES string of the molecule is C=CCN(CCC)C(=O)[C@H]1[C@H]2C(=O)N([C@@H](CO)Cc3ccccc3)C(C(=O)N(CC=C)c3ccc4ccccc4c3)C23CC[C@]1(C)O3. The molecule has 2 bridgehead atoms. The molecular formula is C39H45N3O5. The third kappa shape index (κ3) is 5.47. The number of likely N-dealkylation sites (tertiary alicyclic amines) is 1. The van der Waals surface area contributed by atoms with Gasteiger partial charge in [0.2, 0.25) is 11.8 Å². The van der Waals surface area contributed by atoms with Crippen LogP contribution in [-0.4, -0.2) is 82.2 Å². The molecule has 6 rings (SSSR count). The van der Waals surface area contributed by atoms with E-state index in [0.717, 1.165) is 22.8 Å². The molecule has 1 spiro atoms. The molecule has 1 N–H and O–H groups in total. The van der Waals surface area contributed by atoms with E-state index < -0.39 is 35.1 Å². The number of hydrogen-bond donors (Lipinski definition) is 1. The number of rotatable bonds is 13. The van der Waals surface area contributed by atoms with Gasteiger partial charge in [-0.15, -0.1) is 13.2 Å². The van der Waals surface area contributed by atoms with Crippen LogP contribution in [0.1, 0.15) is 38.7 Å². The first-order valence-corrected chi connectivity index (χ1v) is 16.7. The predicted octanol–water partition coefficient (Wildman–Crippen LogP) is 5.15. The molecule has 0 aliphatic carbocycles. The maximum absolute atomic E-state index is 15.2. The minimum Gasteiger partial charge on any atom is -0.394 e. The molecule has 47 heavy (non-hydrogen) atoms. The van der Waals surface area contributed by atoms with Gasteiger partial charge in [-0.25, -0.2) is 0 Å². The Bertz CT molecular complexity index is 1680. The number of carbonyl (C=O) groups excluding carboxylic acids is 3. The lowest BCUT2D eigenvalue weighted by Crippen LogP contribution is -2.59. The first-order chi connectivity index (χ1) is 22.7. The Hall–Kier alpha value is -4.27. The van der Waals surface area contributed by atoms with Gasteiger partial charge in [0.25, 0.3) is 5.91 Å². The van der Waals surface area contributed by atoms with Crippen LogP contribution in [0.3, 0.4) is 0 Å². The predicted molar refractivity (Wildman–Crippen MR) is 184 cm³/mol. The van der Waals surface area contributed by atoms with Crippen molar-refractivity contribution >= 4 is 34.2 Å². The van der Waals surface area contributed by atoms with Crippen molar-refractivity contribution in [2.75, 3.05) is 31.1 Å². The van der Waals surface area contributed by atoms with Gasteiger partial charge in [0.15, 0.2) is 0 Å². The highest BCUT2D eigenvalue weighted by Crippen LogP contribution is 2.64. The number of anilines is 1. The number of ether oxygens (including phenoxy) is 1. The van der Waals surface area contributed by atoms with E-state index in [9.17, 15) is 14.7 Å². The number of aliphatic hydroxyl groups excluding tert-OH is 1. The van der Waals surface area contributed by atoms with Gasteiger partial charge in [0.05, 0.1) is 30.1 Å². The van der Waals surface area contributed by atoms with Crippen LogP contribution in [0.15, 0.2) is 98.1 Å². The Balaban J connectivity index is 1.47. The molecule has 8 nitrogen and oxygen atoms in total. The lowest BCUT2D eigenvalue weighted by Gasteiger charge is -2.39. The summed E-state index contributed by atoms with van der Waals surface area (Å²) in [6.45, 7) is 12.5. The summed E-state index contributed by atoms with van der Waals surface area (Å²) in [5.74, 6) is -2.40. The van der Waals surface area contributed by atoms with E-state index in [1.54, 1.807) is 26.9 Å². The topological polar surface area (TPSA) is 90.4 Å². The van der Waals surface area contributed by atoms with Gasteiger partial charge in [-0.2, -0.15) is 0 Å². The molecule has 3 fully saturated rings. The van der Waals surface area contributed by atoms with Gasteiger partial charge >= 0.3 is 0 Å². The van der Waals surface area contributed by atoms with Crippen molar-refractivity contribution in [1.82, 2.24) is 9.80 Å². The molecule has 3 saturated heterocycles. The molecule has 246 valence electrons. The fraction of sp³-hybridized carbons (Fsp3) is 0.410. The lowest BCUT2D eigenvalue weighted by atomic mass is 9.66. The van der Waals surface area contributed by atoms with Crippen LogP contribution < -0.4 is 4.90 Å². The van der Waals surface area contributed by atoms with E-state index in [4.69, 9.17) is 4.74 Å². The molecule has 0 radical (unpaired) electrons. The van der Waals surface area contributed by atoms with Crippen molar-refractivity contribution in [3.8, 4) is 0 Å². The first kappa shape index (κ1) is 32.7. The zero-order chi connectivity index (χ0) is 33.3. The van der Waals surface area contributed by atoms with E-state index in [0.29, 0.717) is 38.0 Å². The summed E-state index contributed by atoms with van der Waals surface area (Å²) in [5.41, 5.74) is -0.524. The number of nitrogens with zero attached hydrogens (tertiary/aromatic N) is 3. The molecule has 3 aliphatic rings. The molecule has 3 aliphatic heterocycles. The molecule has 3 aromatic rings. The van der Waals surface area contributed by atoms with Crippen LogP contribution in [0.25, 0.3) is 10.8 Å². The highest BCUT2D eigenvalue weighted by atomic mass is 16.5. The number of amides is 3. The summed E-state index contributed by atoms with van der Waals surface area (Å²) in [7, 11) is 0. The van der Waals surface area contributed by atoms with Gasteiger partial charge in [-0.1, -0.05) is 79.7 Å². The number of hydrogen-bond acceptors (Lipinski definition) is 5. The van der Waals surface area contributed by atoms with Crippen LogP contribution >= 0.6 is 0 Å². The van der Waals surface area contributed by atoms with Crippen molar-refractivity contribution in [2.24, 2.45) is 11.8 Å². The van der Waals surface area contributed by atoms with Crippen molar-refractivity contribution in [3.63, 3.8) is 0 Å².